The van der Waals surface area contributed by atoms with E-state index in [0.29, 0.717) is 6.35 Å². The zero-order valence-corrected chi connectivity index (χ0v) is 2.77. The van der Waals surface area contributed by atoms with Crippen LogP contribution in [0.4, 0.5) is 0 Å². The molecule has 1 radical (unpaired) electrons. The van der Waals surface area contributed by atoms with Crippen LogP contribution in [0.5, 0.6) is 0 Å². The van der Waals surface area contributed by atoms with Crippen LogP contribution in [0.1, 0.15) is 0 Å². The molecule has 0 aromatic rings. The monoisotopic (exact) mass is 77.0 g/mol. The predicted octanol–water partition coefficient (Wildman–Crippen LogP) is 0.770. The van der Waals surface area contributed by atoms with E-state index in [1.807, 2.05) is 0 Å². The topological polar surface area (TPSA) is 37.3 Å². The molecule has 0 amide bonds. The summed E-state index contributed by atoms with van der Waals surface area (Å²) in [7, 11) is -0.321. The second-order valence-electron chi connectivity index (χ2n) is 0.221. The molecule has 0 spiro atoms. The van der Waals surface area contributed by atoms with Crippen LogP contribution in [0.25, 0.3) is 0 Å². The first-order valence-electron chi connectivity index (χ1n) is 0.699. The Kier molecular flexibility index (Phi) is 3.11. The molecule has 0 fully saturated rings. The number of hydrogen-bond acceptors (Lipinski definition) is 2. The van der Waals surface area contributed by atoms with Gasteiger partial charge in [-0.3, -0.25) is 4.57 Å². The summed E-state index contributed by atoms with van der Waals surface area (Å²) in [5, 5.41) is 7.43. The molecule has 0 aliphatic rings. The van der Waals surface area contributed by atoms with Crippen LogP contribution < -0.4 is 0 Å². The van der Waals surface area contributed by atoms with Crippen molar-refractivity contribution < 1.29 is 9.67 Å². The number of hydrogen-bond donors (Lipinski definition) is 1. The Hall–Kier alpha value is 0.0600. The minimum atomic E-state index is -0.321. The molecular formula is CH2O2P. The molecule has 0 heterocycles. The van der Waals surface area contributed by atoms with Crippen molar-refractivity contribution in [1.82, 2.24) is 0 Å². The fraction of sp³-hybridized carbons (Fsp3) is 0. The molecule has 0 unspecified atom stereocenters. The molecular weight excluding hydrogens is 75.0 g/mol. The van der Waals surface area contributed by atoms with Gasteiger partial charge < -0.3 is 5.11 Å². The Labute approximate surface area is 25.7 Å². The summed E-state index contributed by atoms with van der Waals surface area (Å²) in [6.07, 6.45) is 0.542. The molecule has 0 aromatic heterocycles. The average Bonchev–Trinajstić information content (AvgIpc) is 1.37. The third-order valence-electron chi connectivity index (χ3n) is 0.0471. The minimum Gasteiger partial charge on any atom is -0.377 e. The summed E-state index contributed by atoms with van der Waals surface area (Å²) in [4.78, 5) is 0. The van der Waals surface area contributed by atoms with Gasteiger partial charge in [-0.05, 0) is 0 Å². The lowest BCUT2D eigenvalue weighted by atomic mass is 11.7. The van der Waals surface area contributed by atoms with Crippen molar-refractivity contribution in [3.63, 3.8) is 0 Å². The standard InChI is InChI=1S/CH2O2P/c2-1-4-3/h1-2H. The van der Waals surface area contributed by atoms with Gasteiger partial charge >= 0.3 is 0 Å². The second kappa shape index (κ2) is 3.06. The van der Waals surface area contributed by atoms with Crippen LogP contribution in [-0.2, 0) is 4.57 Å². The first-order valence-corrected chi connectivity index (χ1v) is 1.58. The molecule has 0 aliphatic carbocycles. The molecule has 0 saturated heterocycles. The molecule has 0 aliphatic heterocycles. The van der Waals surface area contributed by atoms with E-state index in [1.165, 1.54) is 0 Å². The fourth-order valence-corrected chi connectivity index (χ4v) is 0. The zero-order chi connectivity index (χ0) is 3.41. The van der Waals surface area contributed by atoms with Gasteiger partial charge in [0.25, 0.3) is 0 Å². The Morgan fingerprint density at radius 1 is 2.00 bits per heavy atom. The maximum atomic E-state index is 8.97. The maximum Gasteiger partial charge on any atom is 0.190 e. The van der Waals surface area contributed by atoms with Gasteiger partial charge in [-0.2, -0.15) is 0 Å². The molecule has 0 rings (SSSR count). The average molecular weight is 77.0 g/mol. The van der Waals surface area contributed by atoms with Gasteiger partial charge in [0.2, 0.25) is 0 Å². The van der Waals surface area contributed by atoms with Gasteiger partial charge in [-0.15, -0.1) is 0 Å². The van der Waals surface area contributed by atoms with E-state index in [0.717, 1.165) is 0 Å². The molecule has 0 bridgehead atoms. The van der Waals surface area contributed by atoms with Crippen LogP contribution in [-0.4, -0.2) is 5.11 Å². The van der Waals surface area contributed by atoms with Gasteiger partial charge in [0.15, 0.2) is 14.8 Å². The third-order valence-corrected chi connectivity index (χ3v) is 0.141. The Morgan fingerprint density at radius 3 is 2.25 bits per heavy atom. The van der Waals surface area contributed by atoms with Crippen molar-refractivity contribution in [2.24, 2.45) is 0 Å². The highest BCUT2D eigenvalue weighted by molar-refractivity contribution is 7.26. The smallest absolute Gasteiger partial charge is 0.190 e. The molecule has 23 valence electrons. The summed E-state index contributed by atoms with van der Waals surface area (Å²) >= 11 is 0. The van der Waals surface area contributed by atoms with Crippen molar-refractivity contribution >= 4 is 8.46 Å². The Balaban J connectivity index is 2.30. The summed E-state index contributed by atoms with van der Waals surface area (Å²) in [5.41, 5.74) is 0. The van der Waals surface area contributed by atoms with Crippen LogP contribution >= 0.6 is 8.46 Å². The van der Waals surface area contributed by atoms with E-state index in [2.05, 4.69) is 0 Å². The van der Waals surface area contributed by atoms with Crippen molar-refractivity contribution in [2.45, 2.75) is 0 Å². The van der Waals surface area contributed by atoms with E-state index >= 15 is 0 Å². The predicted molar refractivity (Wildman–Crippen MR) is 13.8 cm³/mol. The first-order chi connectivity index (χ1) is 1.91. The molecule has 0 atom stereocenters. The van der Waals surface area contributed by atoms with Crippen LogP contribution in [0, 0.1) is 6.35 Å². The zero-order valence-electron chi connectivity index (χ0n) is 1.88. The Morgan fingerprint density at radius 2 is 2.25 bits per heavy atom. The summed E-state index contributed by atoms with van der Waals surface area (Å²) in [6, 6.07) is 0. The molecule has 4 heavy (non-hydrogen) atoms. The van der Waals surface area contributed by atoms with E-state index in [-0.39, 0.29) is 8.46 Å². The number of aliphatic hydroxyl groups excluding tert-OH is 1. The van der Waals surface area contributed by atoms with Crippen LogP contribution in [0.2, 0.25) is 0 Å². The second-order valence-corrected chi connectivity index (χ2v) is 0.663. The highest BCUT2D eigenvalue weighted by atomic mass is 31.1. The van der Waals surface area contributed by atoms with Gasteiger partial charge in [0.05, 0.1) is 0 Å². The van der Waals surface area contributed by atoms with Crippen LogP contribution in [0.3, 0.4) is 0 Å². The van der Waals surface area contributed by atoms with Gasteiger partial charge in [0, 0.05) is 0 Å². The third kappa shape index (κ3) is 2.06. The van der Waals surface area contributed by atoms with E-state index in [9.17, 15) is 0 Å². The lowest BCUT2D eigenvalue weighted by Gasteiger charge is -1.50. The normalized spacial score (nSPS) is 8.25. The van der Waals surface area contributed by atoms with Gasteiger partial charge in [0.1, 0.15) is 0 Å². The highest BCUT2D eigenvalue weighted by Gasteiger charge is 1.58. The quantitative estimate of drug-likeness (QED) is 0.469. The van der Waals surface area contributed by atoms with Crippen molar-refractivity contribution in [3.8, 4) is 0 Å². The van der Waals surface area contributed by atoms with Crippen molar-refractivity contribution in [2.75, 3.05) is 0 Å². The van der Waals surface area contributed by atoms with Crippen molar-refractivity contribution in [3.05, 3.63) is 6.35 Å². The van der Waals surface area contributed by atoms with Crippen molar-refractivity contribution in [1.29, 1.82) is 0 Å². The molecule has 0 saturated carbocycles. The molecule has 3 heteroatoms. The summed E-state index contributed by atoms with van der Waals surface area (Å²) in [5.74, 6) is 0. The van der Waals surface area contributed by atoms with Gasteiger partial charge in [-0.1, -0.05) is 0 Å². The summed E-state index contributed by atoms with van der Waals surface area (Å²) in [6.45, 7) is 0. The molecule has 1 N–H and O–H groups in total. The number of aliphatic hydroxyl groups is 1. The lowest BCUT2D eigenvalue weighted by molar-refractivity contribution is 0.437. The lowest BCUT2D eigenvalue weighted by Crippen LogP contribution is -1.38. The highest BCUT2D eigenvalue weighted by Crippen LogP contribution is 1.87. The molecule has 0 aromatic carbocycles. The van der Waals surface area contributed by atoms with E-state index in [4.69, 9.17) is 9.67 Å². The van der Waals surface area contributed by atoms with Gasteiger partial charge in [-0.25, -0.2) is 0 Å². The fourth-order valence-electron chi connectivity index (χ4n) is 0. The summed E-state index contributed by atoms with van der Waals surface area (Å²) < 4.78 is 8.97. The Bertz CT molecular complexity index is 20.0. The first kappa shape index (κ1) is 4.06. The van der Waals surface area contributed by atoms with E-state index < -0.39 is 0 Å². The SMILES string of the molecule is O=P[CH]O. The number of rotatable bonds is 1. The van der Waals surface area contributed by atoms with Crippen LogP contribution in [0.15, 0.2) is 0 Å². The largest absolute Gasteiger partial charge is 0.377 e. The molecule has 2 nitrogen and oxygen atoms in total. The maximum absolute atomic E-state index is 8.97. The minimum absolute atomic E-state index is 0.321. The van der Waals surface area contributed by atoms with E-state index in [1.54, 1.807) is 0 Å².